The van der Waals surface area contributed by atoms with Gasteiger partial charge in [-0.25, -0.2) is 0 Å². The average Bonchev–Trinajstić information content (AvgIpc) is 2.12. The summed E-state index contributed by atoms with van der Waals surface area (Å²) in [5, 5.41) is 19.9. The number of ether oxygens (including phenoxy) is 1. The van der Waals surface area contributed by atoms with Gasteiger partial charge in [0.25, 0.3) is 6.61 Å². The minimum absolute atomic E-state index is 0.177. The second kappa shape index (κ2) is 4.97. The number of nitrogens with zero attached hydrogens (tertiary/aromatic N) is 2. The van der Waals surface area contributed by atoms with Crippen molar-refractivity contribution < 1.29 is 23.8 Å². The fraction of sp³-hybridized carbons (Fsp3) is 0.750. The van der Waals surface area contributed by atoms with Crippen LogP contribution in [-0.2, 0) is 9.53 Å². The molecule has 0 atom stereocenters. The Labute approximate surface area is 89.8 Å². The Hall–Kier alpha value is -1.07. The third kappa shape index (κ3) is 3.01. The van der Waals surface area contributed by atoms with Crippen LogP contribution in [0.15, 0.2) is 0 Å². The lowest BCUT2D eigenvalue weighted by molar-refractivity contribution is -0.832. The van der Waals surface area contributed by atoms with Gasteiger partial charge in [-0.1, -0.05) is 27.0 Å². The van der Waals surface area contributed by atoms with Crippen LogP contribution in [-0.4, -0.2) is 32.8 Å². The molecule has 0 aliphatic heterocycles. The predicted molar refractivity (Wildman–Crippen MR) is 47.7 cm³/mol. The maximum Gasteiger partial charge on any atom is 0.648 e. The van der Waals surface area contributed by atoms with Gasteiger partial charge in [-0.3, -0.25) is 25.0 Å². The Balaban J connectivity index is 4.47. The molecule has 8 nitrogen and oxygen atoms in total. The molecule has 0 aromatic carbocycles. The minimum atomic E-state index is -3.97. The molecule has 80 valence electrons. The summed E-state index contributed by atoms with van der Waals surface area (Å²) in [4.78, 5) is 26.9. The summed E-state index contributed by atoms with van der Waals surface area (Å²) in [6, 6.07) is 0. The van der Waals surface area contributed by atoms with E-state index in [9.17, 15) is 29.4 Å². The fourth-order valence-corrected chi connectivity index (χ4v) is 0.603. The lowest BCUT2D eigenvalue weighted by Gasteiger charge is -2.07. The summed E-state index contributed by atoms with van der Waals surface area (Å²) >= 11 is 1.56. The van der Waals surface area contributed by atoms with Crippen LogP contribution in [0.3, 0.4) is 0 Å². The average molecular weight is 322 g/mol. The van der Waals surface area contributed by atoms with Crippen LogP contribution in [0.2, 0.25) is 0 Å². The van der Waals surface area contributed by atoms with Crippen molar-refractivity contribution in [2.75, 3.05) is 11.0 Å². The lowest BCUT2D eigenvalue weighted by Crippen LogP contribution is -2.46. The second-order valence-electron chi connectivity index (χ2n) is 2.03. The Bertz CT molecular complexity index is 257. The summed E-state index contributed by atoms with van der Waals surface area (Å²) in [5.41, 5.74) is 0. The van der Waals surface area contributed by atoms with Crippen molar-refractivity contribution >= 4 is 28.6 Å². The van der Waals surface area contributed by atoms with E-state index in [1.165, 1.54) is 0 Å². The first-order chi connectivity index (χ1) is 6.34. The van der Waals surface area contributed by atoms with Gasteiger partial charge < -0.3 is 4.74 Å². The van der Waals surface area contributed by atoms with Crippen LogP contribution in [0, 0.1) is 20.2 Å². The number of hydrogen-bond donors (Lipinski definition) is 0. The van der Waals surface area contributed by atoms with E-state index in [0.29, 0.717) is 0 Å². The van der Waals surface area contributed by atoms with Crippen molar-refractivity contribution in [1.29, 1.82) is 0 Å². The Morgan fingerprint density at radius 3 is 2.14 bits per heavy atom. The third-order valence-corrected chi connectivity index (χ3v) is 1.71. The van der Waals surface area contributed by atoms with Crippen LogP contribution in [0.5, 0.6) is 0 Å². The molecule has 0 fully saturated rings. The molecule has 0 saturated carbocycles. The molecule has 0 heterocycles. The highest BCUT2D eigenvalue weighted by Crippen LogP contribution is 2.13. The first kappa shape index (κ1) is 12.9. The van der Waals surface area contributed by atoms with Crippen molar-refractivity contribution in [2.24, 2.45) is 0 Å². The number of nitro groups is 2. The van der Waals surface area contributed by atoms with Gasteiger partial charge in [0, 0.05) is 0 Å². The van der Waals surface area contributed by atoms with Crippen molar-refractivity contribution in [3.8, 4) is 0 Å². The molecule has 0 rings (SSSR count). The van der Waals surface area contributed by atoms with E-state index in [4.69, 9.17) is 0 Å². The highest BCUT2D eigenvalue weighted by molar-refractivity contribution is 14.1. The summed E-state index contributed by atoms with van der Waals surface area (Å²) < 4.78 is 16.7. The number of esters is 1. The summed E-state index contributed by atoms with van der Waals surface area (Å²) in [7, 11) is 0. The zero-order valence-corrected chi connectivity index (χ0v) is 8.67. The van der Waals surface area contributed by atoms with Crippen molar-refractivity contribution in [2.45, 2.75) is 5.92 Å². The number of carbonyl (C=O) groups is 1. The smallest absolute Gasteiger partial charge is 0.445 e. The predicted octanol–water partition coefficient (Wildman–Crippen LogP) is 0.141. The number of halogens is 2. The van der Waals surface area contributed by atoms with Gasteiger partial charge >= 0.3 is 11.9 Å². The molecule has 0 saturated heterocycles. The molecule has 0 aromatic rings. The molecule has 0 spiro atoms. The van der Waals surface area contributed by atoms with Gasteiger partial charge in [0.1, 0.15) is 9.85 Å². The third-order valence-electron chi connectivity index (χ3n) is 1.09. The zero-order chi connectivity index (χ0) is 11.4. The number of alkyl halides is 2. The first-order valence-electron chi connectivity index (χ1n) is 3.04. The van der Waals surface area contributed by atoms with Gasteiger partial charge in [0.15, 0.2) is 0 Å². The van der Waals surface area contributed by atoms with E-state index < -0.39 is 28.3 Å². The topological polar surface area (TPSA) is 113 Å². The monoisotopic (exact) mass is 322 g/mol. The zero-order valence-electron chi connectivity index (χ0n) is 6.51. The molecule has 10 heteroatoms. The lowest BCUT2D eigenvalue weighted by atomic mass is 10.5. The van der Waals surface area contributed by atoms with Crippen molar-refractivity contribution in [3.63, 3.8) is 0 Å². The molecule has 0 N–H and O–H groups in total. The largest absolute Gasteiger partial charge is 0.648 e. The SMILES string of the molecule is O=C(CI)OCC(F)([N+](=O)[O-])[N+](=O)[O-]. The normalized spacial score (nSPS) is 10.7. The maximum atomic E-state index is 12.9. The van der Waals surface area contributed by atoms with Crippen LogP contribution in [0.4, 0.5) is 4.39 Å². The molecule has 0 bridgehead atoms. The van der Waals surface area contributed by atoms with E-state index >= 15 is 0 Å². The molecular formula is C4H4FIN2O6. The Kier molecular flexibility index (Phi) is 4.59. The maximum absolute atomic E-state index is 12.9. The molecule has 0 aromatic heterocycles. The van der Waals surface area contributed by atoms with Crippen LogP contribution < -0.4 is 0 Å². The van der Waals surface area contributed by atoms with Crippen molar-refractivity contribution in [1.82, 2.24) is 0 Å². The van der Waals surface area contributed by atoms with Crippen molar-refractivity contribution in [3.05, 3.63) is 20.2 Å². The highest BCUT2D eigenvalue weighted by atomic mass is 127. The van der Waals surface area contributed by atoms with E-state index in [-0.39, 0.29) is 4.43 Å². The summed E-state index contributed by atoms with van der Waals surface area (Å²) in [6.45, 7) is -1.53. The van der Waals surface area contributed by atoms with E-state index in [0.717, 1.165) is 0 Å². The van der Waals surface area contributed by atoms with Gasteiger partial charge in [0.05, 0.1) is 4.43 Å². The van der Waals surface area contributed by atoms with E-state index in [1.807, 2.05) is 0 Å². The van der Waals surface area contributed by atoms with Gasteiger partial charge in [-0.15, -0.1) is 0 Å². The van der Waals surface area contributed by atoms with Crippen LogP contribution in [0.25, 0.3) is 0 Å². The summed E-state index contributed by atoms with van der Waals surface area (Å²) in [6.07, 6.45) is 0. The highest BCUT2D eigenvalue weighted by Gasteiger charge is 2.59. The second-order valence-corrected chi connectivity index (χ2v) is 2.79. The summed E-state index contributed by atoms with van der Waals surface area (Å²) in [5.74, 6) is -4.93. The molecule has 0 amide bonds. The molecule has 14 heavy (non-hydrogen) atoms. The van der Waals surface area contributed by atoms with Crippen LogP contribution in [0.1, 0.15) is 0 Å². The van der Waals surface area contributed by atoms with Gasteiger partial charge in [0.2, 0.25) is 0 Å². The van der Waals surface area contributed by atoms with E-state index in [1.54, 1.807) is 22.6 Å². The molecule has 0 radical (unpaired) electrons. The number of hydrogen-bond acceptors (Lipinski definition) is 6. The molecular weight excluding hydrogens is 318 g/mol. The fourth-order valence-electron chi connectivity index (χ4n) is 0.383. The molecule has 0 unspecified atom stereocenters. The number of carbonyl (C=O) groups excluding carboxylic acids is 1. The van der Waals surface area contributed by atoms with E-state index in [2.05, 4.69) is 4.74 Å². The minimum Gasteiger partial charge on any atom is -0.445 e. The number of rotatable bonds is 5. The Morgan fingerprint density at radius 2 is 1.86 bits per heavy atom. The van der Waals surface area contributed by atoms with Crippen LogP contribution >= 0.6 is 22.6 Å². The quantitative estimate of drug-likeness (QED) is 0.135. The standard InChI is InChI=1S/C4H4FIN2O6/c5-4(7(10)11,8(12)13)2-14-3(9)1-6/h1-2H2. The first-order valence-corrected chi connectivity index (χ1v) is 4.56. The van der Waals surface area contributed by atoms with Gasteiger partial charge in [-0.05, 0) is 0 Å². The molecule has 0 aliphatic rings. The Morgan fingerprint density at radius 1 is 1.43 bits per heavy atom. The van der Waals surface area contributed by atoms with Gasteiger partial charge in [-0.2, -0.15) is 0 Å². The molecule has 0 aliphatic carbocycles.